The van der Waals surface area contributed by atoms with Gasteiger partial charge < -0.3 is 29.6 Å². The van der Waals surface area contributed by atoms with Gasteiger partial charge in [0, 0.05) is 22.3 Å². The number of hydrogen-bond acceptors (Lipinski definition) is 5. The Balaban J connectivity index is 1.40. The van der Waals surface area contributed by atoms with Crippen molar-refractivity contribution in [2.75, 3.05) is 18.7 Å². The summed E-state index contributed by atoms with van der Waals surface area (Å²) in [6.07, 6.45) is 0.542. The first-order chi connectivity index (χ1) is 16.1. The molecular formula is C25H28N2O5. The van der Waals surface area contributed by atoms with Crippen LogP contribution in [0.3, 0.4) is 0 Å². The van der Waals surface area contributed by atoms with Crippen molar-refractivity contribution in [1.29, 1.82) is 0 Å². The quantitative estimate of drug-likeness (QED) is 0.525. The summed E-state index contributed by atoms with van der Waals surface area (Å²) in [6, 6.07) is 12.9. The molecule has 2 heterocycles. The summed E-state index contributed by atoms with van der Waals surface area (Å²) in [4.78, 5) is 13.3. The van der Waals surface area contributed by atoms with Crippen molar-refractivity contribution in [2.24, 2.45) is 0 Å². The Morgan fingerprint density at radius 2 is 1.97 bits per heavy atom. The second kappa shape index (κ2) is 7.83. The van der Waals surface area contributed by atoms with E-state index in [1.165, 1.54) is 0 Å². The SMILES string of the molecule is [2H]C1([2H])Oc2ccc(C3(C(=O)Nc4ccc5c(c4)cc(C(C)C)n5C[C@@H](O)CO)CC3)cc2O1. The molecule has 168 valence electrons. The first kappa shape index (κ1) is 18.5. The summed E-state index contributed by atoms with van der Waals surface area (Å²) in [7, 11) is 0. The number of rotatable bonds is 7. The summed E-state index contributed by atoms with van der Waals surface area (Å²) < 4.78 is 27.6. The number of amides is 1. The molecule has 1 fully saturated rings. The second-order valence-corrected chi connectivity index (χ2v) is 8.93. The fourth-order valence-electron chi connectivity index (χ4n) is 4.42. The van der Waals surface area contributed by atoms with Crippen molar-refractivity contribution in [1.82, 2.24) is 4.57 Å². The number of nitrogens with one attached hydrogen (secondary N) is 1. The lowest BCUT2D eigenvalue weighted by molar-refractivity contribution is -0.118. The van der Waals surface area contributed by atoms with Gasteiger partial charge in [-0.3, -0.25) is 4.79 Å². The normalized spacial score (nSPS) is 19.5. The molecule has 0 unspecified atom stereocenters. The Morgan fingerprint density at radius 1 is 1.19 bits per heavy atom. The van der Waals surface area contributed by atoms with E-state index in [0.717, 1.165) is 22.2 Å². The highest BCUT2D eigenvalue weighted by Gasteiger charge is 2.51. The van der Waals surface area contributed by atoms with E-state index in [4.69, 9.17) is 12.2 Å². The molecule has 0 spiro atoms. The van der Waals surface area contributed by atoms with Gasteiger partial charge in [0.05, 0.1) is 24.7 Å². The molecule has 2 aromatic carbocycles. The standard InChI is InChI=1S/C25H28N2O5/c1-15(2)21-10-16-9-18(4-5-20(16)27(21)12-19(29)13-28)26-24(30)25(7-8-25)17-3-6-22-23(11-17)32-14-31-22/h3-6,9-11,15,19,28-29H,7-8,12-14H2,1-2H3,(H,26,30)/t19-/m1/s1/i14D2. The highest BCUT2D eigenvalue weighted by molar-refractivity contribution is 6.02. The van der Waals surface area contributed by atoms with Gasteiger partial charge in [-0.15, -0.1) is 0 Å². The molecule has 32 heavy (non-hydrogen) atoms. The molecule has 7 heteroatoms. The van der Waals surface area contributed by atoms with Gasteiger partial charge in [0.2, 0.25) is 12.7 Å². The number of fused-ring (bicyclic) bond motifs is 2. The highest BCUT2D eigenvalue weighted by Crippen LogP contribution is 2.51. The Labute approximate surface area is 189 Å². The number of carbonyl (C=O) groups excluding carboxylic acids is 1. The lowest BCUT2D eigenvalue weighted by atomic mass is 9.94. The minimum Gasteiger partial charge on any atom is -0.454 e. The maximum absolute atomic E-state index is 13.3. The van der Waals surface area contributed by atoms with E-state index >= 15 is 0 Å². The molecule has 1 aromatic heterocycles. The molecule has 1 aliphatic carbocycles. The number of aromatic nitrogens is 1. The Hall–Kier alpha value is -3.03. The molecule has 0 radical (unpaired) electrons. The van der Waals surface area contributed by atoms with E-state index in [1.54, 1.807) is 18.2 Å². The molecule has 5 rings (SSSR count). The lowest BCUT2D eigenvalue weighted by Gasteiger charge is -2.17. The molecule has 3 N–H and O–H groups in total. The highest BCUT2D eigenvalue weighted by atomic mass is 16.7. The summed E-state index contributed by atoms with van der Waals surface area (Å²) in [5.74, 6) is 0.735. The molecule has 1 saturated carbocycles. The second-order valence-electron chi connectivity index (χ2n) is 8.93. The summed E-state index contributed by atoms with van der Waals surface area (Å²) in [6.45, 7) is 1.94. The molecule has 0 saturated heterocycles. The zero-order valence-electron chi connectivity index (χ0n) is 20.1. The number of ether oxygens (including phenoxy) is 2. The van der Waals surface area contributed by atoms with Crippen molar-refractivity contribution in [3.63, 3.8) is 0 Å². The number of anilines is 1. The summed E-state index contributed by atoms with van der Waals surface area (Å²) >= 11 is 0. The minimum absolute atomic E-state index is 0.118. The molecule has 2 aliphatic rings. The lowest BCUT2D eigenvalue weighted by Crippen LogP contribution is -2.27. The van der Waals surface area contributed by atoms with Crippen LogP contribution in [0.5, 0.6) is 11.5 Å². The van der Waals surface area contributed by atoms with E-state index in [9.17, 15) is 15.0 Å². The zero-order chi connectivity index (χ0) is 24.3. The summed E-state index contributed by atoms with van der Waals surface area (Å²) in [5.41, 5.74) is 2.75. The van der Waals surface area contributed by atoms with E-state index in [2.05, 4.69) is 25.2 Å². The van der Waals surface area contributed by atoms with Crippen molar-refractivity contribution in [3.05, 3.63) is 53.7 Å². The van der Waals surface area contributed by atoms with Crippen LogP contribution < -0.4 is 14.8 Å². The summed E-state index contributed by atoms with van der Waals surface area (Å²) in [5, 5.41) is 23.3. The van der Waals surface area contributed by atoms with Crippen LogP contribution in [0.25, 0.3) is 10.9 Å². The van der Waals surface area contributed by atoms with Crippen LogP contribution >= 0.6 is 0 Å². The first-order valence-corrected chi connectivity index (χ1v) is 10.9. The molecule has 1 aliphatic heterocycles. The van der Waals surface area contributed by atoms with E-state index < -0.39 is 18.3 Å². The average molecular weight is 439 g/mol. The number of nitrogens with zero attached hydrogens (tertiary/aromatic N) is 1. The van der Waals surface area contributed by atoms with Gasteiger partial charge in [-0.05, 0) is 60.7 Å². The monoisotopic (exact) mass is 438 g/mol. The maximum Gasteiger partial charge on any atom is 0.235 e. The third kappa shape index (κ3) is 3.51. The third-order valence-corrected chi connectivity index (χ3v) is 6.37. The third-order valence-electron chi connectivity index (χ3n) is 6.37. The van der Waals surface area contributed by atoms with Crippen LogP contribution in [0.2, 0.25) is 0 Å². The molecule has 7 nitrogen and oxygen atoms in total. The van der Waals surface area contributed by atoms with E-state index in [-0.39, 0.29) is 18.4 Å². The van der Waals surface area contributed by atoms with Gasteiger partial charge in [-0.2, -0.15) is 0 Å². The van der Waals surface area contributed by atoms with Crippen molar-refractivity contribution in [2.45, 2.75) is 50.7 Å². The topological polar surface area (TPSA) is 93.0 Å². The van der Waals surface area contributed by atoms with Gasteiger partial charge in [0.15, 0.2) is 11.5 Å². The molecular weight excluding hydrogens is 408 g/mol. The minimum atomic E-state index is -2.20. The molecule has 0 bridgehead atoms. The largest absolute Gasteiger partial charge is 0.454 e. The van der Waals surface area contributed by atoms with Crippen molar-refractivity contribution in [3.8, 4) is 11.5 Å². The van der Waals surface area contributed by atoms with Crippen LogP contribution in [-0.4, -0.2) is 40.1 Å². The number of benzene rings is 2. The fraction of sp³-hybridized carbons (Fsp3) is 0.400. The smallest absolute Gasteiger partial charge is 0.235 e. The van der Waals surface area contributed by atoms with Gasteiger partial charge in [0.1, 0.15) is 2.74 Å². The van der Waals surface area contributed by atoms with Crippen LogP contribution in [0.1, 0.15) is 46.6 Å². The van der Waals surface area contributed by atoms with Gasteiger partial charge in [-0.1, -0.05) is 19.9 Å². The van der Waals surface area contributed by atoms with Gasteiger partial charge in [0.25, 0.3) is 0 Å². The number of hydrogen-bond donors (Lipinski definition) is 3. The van der Waals surface area contributed by atoms with E-state index in [0.29, 0.717) is 36.6 Å². The number of aliphatic hydroxyl groups excluding tert-OH is 2. The van der Waals surface area contributed by atoms with Crippen LogP contribution in [-0.2, 0) is 16.8 Å². The van der Waals surface area contributed by atoms with Crippen LogP contribution in [0, 0.1) is 0 Å². The zero-order valence-corrected chi connectivity index (χ0v) is 18.1. The maximum atomic E-state index is 13.3. The fourth-order valence-corrected chi connectivity index (χ4v) is 4.42. The van der Waals surface area contributed by atoms with Crippen molar-refractivity contribution >= 4 is 22.5 Å². The Kier molecular flexibility index (Phi) is 4.54. The van der Waals surface area contributed by atoms with Gasteiger partial charge in [-0.25, -0.2) is 0 Å². The Bertz CT molecular complexity index is 1270. The van der Waals surface area contributed by atoms with Gasteiger partial charge >= 0.3 is 0 Å². The van der Waals surface area contributed by atoms with E-state index in [1.807, 2.05) is 22.8 Å². The van der Waals surface area contributed by atoms with Crippen LogP contribution in [0.15, 0.2) is 42.5 Å². The predicted octanol–water partition coefficient (Wildman–Crippen LogP) is 3.52. The molecule has 1 atom stereocenters. The van der Waals surface area contributed by atoms with Crippen LogP contribution in [0.4, 0.5) is 5.69 Å². The first-order valence-electron chi connectivity index (χ1n) is 11.9. The molecule has 3 aromatic rings. The van der Waals surface area contributed by atoms with Crippen molar-refractivity contribution < 1.29 is 27.2 Å². The number of aliphatic hydroxyl groups is 2. The Morgan fingerprint density at radius 3 is 2.69 bits per heavy atom. The number of carbonyl (C=O) groups is 1. The average Bonchev–Trinajstić information content (AvgIpc) is 3.43. The predicted molar refractivity (Wildman–Crippen MR) is 121 cm³/mol. The molecule has 1 amide bonds.